The Balaban J connectivity index is 1.66. The van der Waals surface area contributed by atoms with Crippen LogP contribution in [0.25, 0.3) is 22.6 Å². The first kappa shape index (κ1) is 24.9. The minimum absolute atomic E-state index is 0.0148. The summed E-state index contributed by atoms with van der Waals surface area (Å²) >= 11 is 0. The minimum Gasteiger partial charge on any atom is -0.370 e. The van der Waals surface area contributed by atoms with Crippen LogP contribution in [0.2, 0.25) is 0 Å². The van der Waals surface area contributed by atoms with Gasteiger partial charge in [-0.3, -0.25) is 14.4 Å². The van der Waals surface area contributed by atoms with Gasteiger partial charge in [0.15, 0.2) is 11.5 Å². The third kappa shape index (κ3) is 4.23. The number of amides is 3. The molecule has 194 valence electrons. The summed E-state index contributed by atoms with van der Waals surface area (Å²) in [6, 6.07) is 9.88. The van der Waals surface area contributed by atoms with E-state index in [-0.39, 0.29) is 48.6 Å². The lowest BCUT2D eigenvalue weighted by atomic mass is 9.85. The Labute approximate surface area is 216 Å². The lowest BCUT2D eigenvalue weighted by molar-refractivity contribution is -0.120. The molecule has 3 aromatic heterocycles. The maximum atomic E-state index is 14.4. The molecule has 11 nitrogen and oxygen atoms in total. The van der Waals surface area contributed by atoms with Crippen molar-refractivity contribution in [3.63, 3.8) is 0 Å². The molecule has 0 radical (unpaired) electrons. The summed E-state index contributed by atoms with van der Waals surface area (Å²) in [7, 11) is 1.53. The average molecular weight is 517 g/mol. The van der Waals surface area contributed by atoms with E-state index < -0.39 is 17.2 Å². The summed E-state index contributed by atoms with van der Waals surface area (Å²) in [4.78, 5) is 52.5. The Bertz CT molecular complexity index is 1610. The zero-order chi connectivity index (χ0) is 27.2. The van der Waals surface area contributed by atoms with Gasteiger partial charge in [-0.25, -0.2) is 24.0 Å². The molecular weight excluding hydrogens is 491 g/mol. The van der Waals surface area contributed by atoms with Crippen LogP contribution in [0.15, 0.2) is 42.6 Å². The van der Waals surface area contributed by atoms with Gasteiger partial charge in [-0.15, -0.1) is 0 Å². The van der Waals surface area contributed by atoms with Gasteiger partial charge in [-0.1, -0.05) is 18.2 Å². The molecule has 0 spiro atoms. The fourth-order valence-corrected chi connectivity index (χ4v) is 4.41. The molecule has 5 rings (SSSR count). The van der Waals surface area contributed by atoms with Gasteiger partial charge in [0.25, 0.3) is 5.91 Å². The number of fused-ring (bicyclic) bond motifs is 2. The first-order valence-electron chi connectivity index (χ1n) is 11.9. The SMILES string of the molecule is CN(CCC(N)=O)C(=O)c1nc(-c2nn(Cc3ccccc3F)c3ncccc23)nc2c1C(C)(C)C(=O)N2. The normalized spacial score (nSPS) is 13.8. The molecule has 0 saturated heterocycles. The van der Waals surface area contributed by atoms with E-state index in [4.69, 9.17) is 5.73 Å². The zero-order valence-corrected chi connectivity index (χ0v) is 21.0. The van der Waals surface area contributed by atoms with E-state index in [0.29, 0.717) is 27.9 Å². The number of carbonyl (C=O) groups excluding carboxylic acids is 3. The van der Waals surface area contributed by atoms with Gasteiger partial charge < -0.3 is 16.0 Å². The first-order valence-corrected chi connectivity index (χ1v) is 11.9. The van der Waals surface area contributed by atoms with Crippen LogP contribution < -0.4 is 11.1 Å². The van der Waals surface area contributed by atoms with Gasteiger partial charge >= 0.3 is 0 Å². The first-order chi connectivity index (χ1) is 18.1. The maximum absolute atomic E-state index is 14.4. The Morgan fingerprint density at radius 3 is 2.66 bits per heavy atom. The van der Waals surface area contributed by atoms with Crippen molar-refractivity contribution in [2.24, 2.45) is 5.73 Å². The van der Waals surface area contributed by atoms with Crippen molar-refractivity contribution in [1.29, 1.82) is 0 Å². The summed E-state index contributed by atoms with van der Waals surface area (Å²) in [5.74, 6) is -1.45. The molecule has 0 unspecified atom stereocenters. The van der Waals surface area contributed by atoms with E-state index in [1.807, 2.05) is 0 Å². The van der Waals surface area contributed by atoms with Crippen LogP contribution in [0.1, 0.15) is 41.9 Å². The van der Waals surface area contributed by atoms with E-state index >= 15 is 0 Å². The largest absolute Gasteiger partial charge is 0.370 e. The molecule has 0 saturated carbocycles. The summed E-state index contributed by atoms with van der Waals surface area (Å²) < 4.78 is 15.9. The zero-order valence-electron chi connectivity index (χ0n) is 21.0. The van der Waals surface area contributed by atoms with Crippen molar-refractivity contribution in [3.05, 3.63) is 65.2 Å². The molecule has 1 aliphatic heterocycles. The second-order valence-corrected chi connectivity index (χ2v) is 9.61. The van der Waals surface area contributed by atoms with Gasteiger partial charge in [0.05, 0.1) is 17.3 Å². The minimum atomic E-state index is -1.07. The topological polar surface area (TPSA) is 149 Å². The predicted octanol–water partition coefficient (Wildman–Crippen LogP) is 2.25. The number of nitrogens with zero attached hydrogens (tertiary/aromatic N) is 6. The van der Waals surface area contributed by atoms with Crippen LogP contribution in [-0.4, -0.2) is 60.9 Å². The molecule has 12 heteroatoms. The highest BCUT2D eigenvalue weighted by Crippen LogP contribution is 2.40. The fraction of sp³-hybridized carbons (Fsp3) is 0.269. The number of pyridine rings is 1. The van der Waals surface area contributed by atoms with Crippen LogP contribution in [0.5, 0.6) is 0 Å². The fourth-order valence-electron chi connectivity index (χ4n) is 4.41. The summed E-state index contributed by atoms with van der Waals surface area (Å²) in [5, 5.41) is 7.99. The van der Waals surface area contributed by atoms with Crippen molar-refractivity contribution in [1.82, 2.24) is 29.6 Å². The molecule has 4 heterocycles. The van der Waals surface area contributed by atoms with Crippen LogP contribution >= 0.6 is 0 Å². The van der Waals surface area contributed by atoms with Gasteiger partial charge in [0.2, 0.25) is 11.8 Å². The van der Waals surface area contributed by atoms with Gasteiger partial charge in [0.1, 0.15) is 23.0 Å². The van der Waals surface area contributed by atoms with Crippen LogP contribution in [0, 0.1) is 5.82 Å². The van der Waals surface area contributed by atoms with Crippen LogP contribution in [0.4, 0.5) is 10.2 Å². The van der Waals surface area contributed by atoms with E-state index in [2.05, 4.69) is 25.4 Å². The molecule has 3 N–H and O–H groups in total. The lowest BCUT2D eigenvalue weighted by Crippen LogP contribution is -2.34. The van der Waals surface area contributed by atoms with Crippen molar-refractivity contribution in [2.45, 2.75) is 32.2 Å². The molecule has 0 aliphatic carbocycles. The lowest BCUT2D eigenvalue weighted by Gasteiger charge is -2.21. The molecule has 38 heavy (non-hydrogen) atoms. The molecule has 1 aromatic carbocycles. The van der Waals surface area contributed by atoms with E-state index in [1.54, 1.807) is 55.1 Å². The molecule has 0 atom stereocenters. The smallest absolute Gasteiger partial charge is 0.272 e. The second kappa shape index (κ2) is 9.29. The van der Waals surface area contributed by atoms with E-state index in [0.717, 1.165) is 0 Å². The summed E-state index contributed by atoms with van der Waals surface area (Å²) in [5.41, 5.74) is 5.77. The maximum Gasteiger partial charge on any atom is 0.272 e. The van der Waals surface area contributed by atoms with Crippen molar-refractivity contribution in [3.8, 4) is 11.5 Å². The number of primary amides is 1. The number of carbonyl (C=O) groups is 3. The third-order valence-corrected chi connectivity index (χ3v) is 6.57. The number of halogens is 1. The summed E-state index contributed by atoms with van der Waals surface area (Å²) in [6.45, 7) is 3.55. The Kier molecular flexibility index (Phi) is 6.09. The quantitative estimate of drug-likeness (QED) is 0.383. The number of benzene rings is 1. The highest BCUT2D eigenvalue weighted by Gasteiger charge is 2.44. The number of nitrogens with one attached hydrogen (secondary N) is 1. The van der Waals surface area contributed by atoms with E-state index in [9.17, 15) is 18.8 Å². The molecular formula is C26H25FN8O3. The molecule has 0 bridgehead atoms. The second-order valence-electron chi connectivity index (χ2n) is 9.61. The number of hydrogen-bond acceptors (Lipinski definition) is 7. The van der Waals surface area contributed by atoms with Crippen molar-refractivity contribution >= 4 is 34.6 Å². The third-order valence-electron chi connectivity index (χ3n) is 6.57. The van der Waals surface area contributed by atoms with Crippen molar-refractivity contribution in [2.75, 3.05) is 18.9 Å². The van der Waals surface area contributed by atoms with Crippen molar-refractivity contribution < 1.29 is 18.8 Å². The van der Waals surface area contributed by atoms with Gasteiger partial charge in [-0.05, 0) is 32.0 Å². The van der Waals surface area contributed by atoms with Gasteiger partial charge in [-0.2, -0.15) is 5.10 Å². The summed E-state index contributed by atoms with van der Waals surface area (Å²) in [6.07, 6.45) is 1.57. The molecule has 4 aromatic rings. The molecule has 1 aliphatic rings. The average Bonchev–Trinajstić information content (AvgIpc) is 3.36. The van der Waals surface area contributed by atoms with Crippen LogP contribution in [-0.2, 0) is 21.5 Å². The standard InChI is InChI=1S/C26H25FN8O3/c1-26(2)18-20(24(37)34(3)12-10-17(28)36)30-22(31-21(18)32-25(26)38)19-15-8-6-11-29-23(15)35(33-19)13-14-7-4-5-9-16(14)27/h4-9,11H,10,12-13H2,1-3H3,(H2,28,36)(H,30,31,32,38). The number of aromatic nitrogens is 5. The van der Waals surface area contributed by atoms with Crippen LogP contribution in [0.3, 0.4) is 0 Å². The highest BCUT2D eigenvalue weighted by molar-refractivity contribution is 6.09. The molecule has 3 amide bonds. The predicted molar refractivity (Wildman–Crippen MR) is 136 cm³/mol. The van der Waals surface area contributed by atoms with E-state index in [1.165, 1.54) is 18.0 Å². The number of rotatable bonds is 7. The Morgan fingerprint density at radius 1 is 1.16 bits per heavy atom. The number of nitrogens with two attached hydrogens (primary N) is 1. The monoisotopic (exact) mass is 516 g/mol. The van der Waals surface area contributed by atoms with Gasteiger partial charge in [0, 0.05) is 37.3 Å². The Morgan fingerprint density at radius 2 is 1.92 bits per heavy atom. The number of hydrogen-bond donors (Lipinski definition) is 2. The highest BCUT2D eigenvalue weighted by atomic mass is 19.1. The number of anilines is 1. The Hall–Kier alpha value is -4.74. The molecule has 0 fully saturated rings.